The van der Waals surface area contributed by atoms with E-state index in [0.717, 1.165) is 24.8 Å². The molecule has 5 rings (SSSR count). The fraction of sp³-hybridized carbons (Fsp3) is 0.162. The molecule has 5 aromatic carbocycles. The molecule has 186 valence electrons. The number of hydrogen-bond donors (Lipinski definition) is 0. The summed E-state index contributed by atoms with van der Waals surface area (Å²) >= 11 is 0. The molecule has 0 amide bonds. The smallest absolute Gasteiger partial charge is 0.0991 e. The minimum atomic E-state index is 0.345. The van der Waals surface area contributed by atoms with E-state index in [1.807, 2.05) is 12.1 Å². The van der Waals surface area contributed by atoms with Crippen LogP contribution in [0.4, 0.5) is 0 Å². The molecule has 0 N–H and O–H groups in total. The van der Waals surface area contributed by atoms with Crippen molar-refractivity contribution >= 4 is 0 Å². The van der Waals surface area contributed by atoms with E-state index in [0.29, 0.717) is 5.92 Å². The summed E-state index contributed by atoms with van der Waals surface area (Å²) in [4.78, 5) is 0. The van der Waals surface area contributed by atoms with Crippen LogP contribution in [-0.4, -0.2) is 0 Å². The first-order chi connectivity index (χ1) is 18.6. The van der Waals surface area contributed by atoms with Gasteiger partial charge in [0.25, 0.3) is 0 Å². The first-order valence-corrected chi connectivity index (χ1v) is 13.5. The van der Waals surface area contributed by atoms with Gasteiger partial charge in [-0.05, 0) is 82.0 Å². The van der Waals surface area contributed by atoms with Crippen molar-refractivity contribution in [2.75, 3.05) is 0 Å². The van der Waals surface area contributed by atoms with Crippen LogP contribution in [0.5, 0.6) is 0 Å². The number of rotatable bonds is 8. The zero-order valence-electron chi connectivity index (χ0n) is 22.2. The monoisotopic (exact) mass is 491 g/mol. The quantitative estimate of drug-likeness (QED) is 0.212. The van der Waals surface area contributed by atoms with E-state index in [9.17, 15) is 5.26 Å². The van der Waals surface area contributed by atoms with Crippen LogP contribution >= 0.6 is 0 Å². The van der Waals surface area contributed by atoms with Crippen molar-refractivity contribution in [2.24, 2.45) is 0 Å². The molecule has 0 heterocycles. The third-order valence-corrected chi connectivity index (χ3v) is 7.42. The van der Waals surface area contributed by atoms with E-state index in [-0.39, 0.29) is 0 Å². The molecule has 1 atom stereocenters. The van der Waals surface area contributed by atoms with Gasteiger partial charge in [0.1, 0.15) is 0 Å². The summed E-state index contributed by atoms with van der Waals surface area (Å²) in [6.45, 7) is 4.35. The third-order valence-electron chi connectivity index (χ3n) is 7.42. The van der Waals surface area contributed by atoms with Gasteiger partial charge >= 0.3 is 0 Å². The van der Waals surface area contributed by atoms with Crippen molar-refractivity contribution in [2.45, 2.75) is 39.0 Å². The van der Waals surface area contributed by atoms with Gasteiger partial charge in [0.05, 0.1) is 11.6 Å². The van der Waals surface area contributed by atoms with Crippen LogP contribution in [0.15, 0.2) is 121 Å². The van der Waals surface area contributed by atoms with Gasteiger partial charge in [0.15, 0.2) is 0 Å². The predicted octanol–water partition coefficient (Wildman–Crippen LogP) is 9.72. The number of nitrogens with zero attached hydrogens (tertiary/aromatic N) is 1. The van der Waals surface area contributed by atoms with Crippen LogP contribution in [0.3, 0.4) is 0 Å². The highest BCUT2D eigenvalue weighted by molar-refractivity contribution is 5.65. The molecule has 0 saturated heterocycles. The van der Waals surface area contributed by atoms with E-state index in [2.05, 4.69) is 129 Å². The van der Waals surface area contributed by atoms with Crippen LogP contribution in [-0.2, 0) is 6.42 Å². The number of nitriles is 1. The second-order valence-corrected chi connectivity index (χ2v) is 10.1. The highest BCUT2D eigenvalue weighted by Gasteiger charge is 2.16. The second-order valence-electron chi connectivity index (χ2n) is 10.1. The molecular formula is C37H33N. The van der Waals surface area contributed by atoms with Gasteiger partial charge < -0.3 is 0 Å². The maximum atomic E-state index is 9.24. The Labute approximate surface area is 227 Å². The molecule has 5 aromatic rings. The average molecular weight is 492 g/mol. The van der Waals surface area contributed by atoms with Crippen molar-refractivity contribution in [3.63, 3.8) is 0 Å². The lowest BCUT2D eigenvalue weighted by molar-refractivity contribution is 0.695. The highest BCUT2D eigenvalue weighted by atomic mass is 14.2. The van der Waals surface area contributed by atoms with Crippen LogP contribution in [0.1, 0.15) is 59.1 Å². The molecule has 0 fully saturated rings. The third kappa shape index (κ3) is 5.77. The van der Waals surface area contributed by atoms with Crippen molar-refractivity contribution in [1.29, 1.82) is 5.26 Å². The second kappa shape index (κ2) is 11.8. The van der Waals surface area contributed by atoms with Gasteiger partial charge in [0, 0.05) is 5.92 Å². The molecule has 1 heteroatoms. The van der Waals surface area contributed by atoms with Gasteiger partial charge in [-0.1, -0.05) is 123 Å². The average Bonchev–Trinajstić information content (AvgIpc) is 2.97. The summed E-state index contributed by atoms with van der Waals surface area (Å²) in [7, 11) is 0. The molecule has 1 unspecified atom stereocenters. The minimum absolute atomic E-state index is 0.345. The predicted molar refractivity (Wildman–Crippen MR) is 159 cm³/mol. The molecule has 0 aliphatic heterocycles. The van der Waals surface area contributed by atoms with Gasteiger partial charge in [0.2, 0.25) is 0 Å². The molecule has 0 spiro atoms. The van der Waals surface area contributed by atoms with Crippen LogP contribution < -0.4 is 0 Å². The van der Waals surface area contributed by atoms with Crippen molar-refractivity contribution in [1.82, 2.24) is 0 Å². The van der Waals surface area contributed by atoms with E-state index < -0.39 is 0 Å². The zero-order chi connectivity index (χ0) is 26.3. The van der Waals surface area contributed by atoms with Crippen molar-refractivity contribution in [3.8, 4) is 28.3 Å². The SMILES string of the molecule is CCCC(c1ccc(-c2ccc(Cc3ccc(-c4ccccc4)cc3)cc2)cc1)c1ccc(C#N)cc1C. The van der Waals surface area contributed by atoms with Gasteiger partial charge in [-0.15, -0.1) is 0 Å². The molecular weight excluding hydrogens is 458 g/mol. The molecule has 0 bridgehead atoms. The summed E-state index contributed by atoms with van der Waals surface area (Å²) in [6, 6.07) is 45.7. The number of hydrogen-bond acceptors (Lipinski definition) is 1. The highest BCUT2D eigenvalue weighted by Crippen LogP contribution is 2.33. The van der Waals surface area contributed by atoms with E-state index in [1.165, 1.54) is 50.1 Å². The fourth-order valence-corrected chi connectivity index (χ4v) is 5.33. The Morgan fingerprint density at radius 2 is 1.16 bits per heavy atom. The summed E-state index contributed by atoms with van der Waals surface area (Å²) < 4.78 is 0. The molecule has 0 aliphatic carbocycles. The van der Waals surface area contributed by atoms with E-state index in [4.69, 9.17) is 0 Å². The standard InChI is InChI=1S/C37H33N/c1-3-7-37(36-23-14-30(26-38)24-27(36)2)35-21-19-34(20-22-35)33-17-12-29(13-18-33)25-28-10-15-32(16-11-28)31-8-5-4-6-9-31/h4-6,8-24,37H,3,7,25H2,1-2H3. The molecule has 0 saturated carbocycles. The summed E-state index contributed by atoms with van der Waals surface area (Å²) in [5, 5.41) is 9.24. The lowest BCUT2D eigenvalue weighted by Crippen LogP contribution is -2.03. The Balaban J connectivity index is 1.29. The Hall–Kier alpha value is -4.41. The Morgan fingerprint density at radius 3 is 1.66 bits per heavy atom. The van der Waals surface area contributed by atoms with E-state index in [1.54, 1.807) is 0 Å². The zero-order valence-corrected chi connectivity index (χ0v) is 22.2. The van der Waals surface area contributed by atoms with Crippen LogP contribution in [0.2, 0.25) is 0 Å². The normalized spacial score (nSPS) is 11.6. The Morgan fingerprint density at radius 1 is 0.632 bits per heavy atom. The van der Waals surface area contributed by atoms with Crippen LogP contribution in [0, 0.1) is 18.3 Å². The Bertz CT molecular complexity index is 1520. The van der Waals surface area contributed by atoms with Crippen molar-refractivity contribution < 1.29 is 0 Å². The maximum absolute atomic E-state index is 9.24. The largest absolute Gasteiger partial charge is 0.192 e. The lowest BCUT2D eigenvalue weighted by Gasteiger charge is -2.20. The van der Waals surface area contributed by atoms with Gasteiger partial charge in [-0.3, -0.25) is 0 Å². The summed E-state index contributed by atoms with van der Waals surface area (Å²) in [5.41, 5.74) is 12.2. The van der Waals surface area contributed by atoms with Crippen molar-refractivity contribution in [3.05, 3.63) is 155 Å². The molecule has 0 radical (unpaired) electrons. The molecule has 0 aliphatic rings. The summed E-state index contributed by atoms with van der Waals surface area (Å²) in [6.07, 6.45) is 3.13. The Kier molecular flexibility index (Phi) is 7.81. The maximum Gasteiger partial charge on any atom is 0.0991 e. The topological polar surface area (TPSA) is 23.8 Å². The van der Waals surface area contributed by atoms with Crippen LogP contribution in [0.25, 0.3) is 22.3 Å². The molecule has 0 aromatic heterocycles. The number of benzene rings is 5. The summed E-state index contributed by atoms with van der Waals surface area (Å²) in [5.74, 6) is 0.345. The van der Waals surface area contributed by atoms with Gasteiger partial charge in [-0.2, -0.15) is 5.26 Å². The fourth-order valence-electron chi connectivity index (χ4n) is 5.33. The minimum Gasteiger partial charge on any atom is -0.192 e. The number of aryl methyl sites for hydroxylation is 1. The molecule has 38 heavy (non-hydrogen) atoms. The van der Waals surface area contributed by atoms with E-state index >= 15 is 0 Å². The lowest BCUT2D eigenvalue weighted by atomic mass is 9.84. The first-order valence-electron chi connectivity index (χ1n) is 13.5. The first kappa shape index (κ1) is 25.2. The van der Waals surface area contributed by atoms with Gasteiger partial charge in [-0.25, -0.2) is 0 Å². The molecule has 1 nitrogen and oxygen atoms in total.